The maximum absolute atomic E-state index is 5.89. The summed E-state index contributed by atoms with van der Waals surface area (Å²) in [6.07, 6.45) is 0.907. The molecule has 0 fully saturated rings. The van der Waals surface area contributed by atoms with E-state index in [2.05, 4.69) is 40.2 Å². The first-order valence-corrected chi connectivity index (χ1v) is 7.22. The fourth-order valence-corrected chi connectivity index (χ4v) is 2.52. The highest BCUT2D eigenvalue weighted by Crippen LogP contribution is 2.28. The molecular formula is C15H15BrClNO. The molecule has 2 nitrogen and oxygen atoms in total. The van der Waals surface area contributed by atoms with E-state index in [0.717, 1.165) is 22.2 Å². The molecule has 0 heterocycles. The van der Waals surface area contributed by atoms with Crippen LogP contribution in [-0.4, -0.2) is 6.54 Å². The van der Waals surface area contributed by atoms with Crippen molar-refractivity contribution in [2.24, 2.45) is 5.73 Å². The lowest BCUT2D eigenvalue weighted by molar-refractivity contribution is 0.304. The van der Waals surface area contributed by atoms with Gasteiger partial charge in [0.1, 0.15) is 12.4 Å². The maximum Gasteiger partial charge on any atom is 0.134 e. The lowest BCUT2D eigenvalue weighted by atomic mass is 10.1. The highest BCUT2D eigenvalue weighted by atomic mass is 79.9. The zero-order valence-corrected chi connectivity index (χ0v) is 12.7. The fraction of sp³-hybridized carbons (Fsp3) is 0.200. The summed E-state index contributed by atoms with van der Waals surface area (Å²) in [4.78, 5) is 0. The number of ether oxygens (including phenoxy) is 1. The van der Waals surface area contributed by atoms with Gasteiger partial charge in [-0.2, -0.15) is 0 Å². The fourth-order valence-electron chi connectivity index (χ4n) is 1.72. The summed E-state index contributed by atoms with van der Waals surface area (Å²) in [5.41, 5.74) is 7.90. The van der Waals surface area contributed by atoms with Gasteiger partial charge in [-0.25, -0.2) is 0 Å². The van der Waals surface area contributed by atoms with E-state index in [-0.39, 0.29) is 0 Å². The quantitative estimate of drug-likeness (QED) is 0.886. The Labute approximate surface area is 126 Å². The van der Waals surface area contributed by atoms with E-state index in [0.29, 0.717) is 18.2 Å². The Morgan fingerprint density at radius 1 is 1.05 bits per heavy atom. The molecule has 0 unspecified atom stereocenters. The average molecular weight is 341 g/mol. The zero-order chi connectivity index (χ0) is 13.7. The molecule has 19 heavy (non-hydrogen) atoms. The third-order valence-corrected chi connectivity index (χ3v) is 3.60. The molecule has 0 saturated carbocycles. The molecule has 0 aliphatic heterocycles. The van der Waals surface area contributed by atoms with Crippen LogP contribution in [0, 0.1) is 0 Å². The molecule has 2 N–H and O–H groups in total. The minimum absolute atomic E-state index is 0.531. The summed E-state index contributed by atoms with van der Waals surface area (Å²) in [5, 5.41) is 0.686. The number of halogens is 2. The molecule has 0 spiro atoms. The van der Waals surface area contributed by atoms with Crippen LogP contribution in [0.25, 0.3) is 0 Å². The van der Waals surface area contributed by atoms with Gasteiger partial charge in [0.05, 0.1) is 4.47 Å². The van der Waals surface area contributed by atoms with Gasteiger partial charge in [-0.05, 0) is 58.2 Å². The second-order valence-electron chi connectivity index (χ2n) is 4.22. The maximum atomic E-state index is 5.89. The van der Waals surface area contributed by atoms with Crippen molar-refractivity contribution < 1.29 is 4.74 Å². The van der Waals surface area contributed by atoms with Gasteiger partial charge in [0.2, 0.25) is 0 Å². The standard InChI is InChI=1S/C15H15BrClNO/c16-14-9-13(17)5-6-15(14)19-10-12-3-1-11(2-4-12)7-8-18/h1-6,9H,7-8,10,18H2. The van der Waals surface area contributed by atoms with Crippen LogP contribution in [0.2, 0.25) is 5.02 Å². The Kier molecular flexibility index (Phi) is 5.25. The van der Waals surface area contributed by atoms with Gasteiger partial charge in [-0.15, -0.1) is 0 Å². The van der Waals surface area contributed by atoms with Crippen LogP contribution in [-0.2, 0) is 13.0 Å². The van der Waals surface area contributed by atoms with E-state index >= 15 is 0 Å². The predicted octanol–water partition coefficient (Wildman–Crippen LogP) is 4.18. The lowest BCUT2D eigenvalue weighted by Crippen LogP contribution is -2.03. The third-order valence-electron chi connectivity index (χ3n) is 2.74. The van der Waals surface area contributed by atoms with Crippen molar-refractivity contribution >= 4 is 27.5 Å². The Morgan fingerprint density at radius 3 is 2.37 bits per heavy atom. The van der Waals surface area contributed by atoms with Crippen molar-refractivity contribution in [1.82, 2.24) is 0 Å². The molecule has 0 aliphatic rings. The largest absolute Gasteiger partial charge is 0.488 e. The Morgan fingerprint density at radius 2 is 1.74 bits per heavy atom. The monoisotopic (exact) mass is 339 g/mol. The van der Waals surface area contributed by atoms with Crippen LogP contribution in [0.15, 0.2) is 46.9 Å². The molecule has 2 aromatic carbocycles. The molecule has 2 rings (SSSR count). The van der Waals surface area contributed by atoms with Crippen LogP contribution in [0.5, 0.6) is 5.75 Å². The highest BCUT2D eigenvalue weighted by molar-refractivity contribution is 9.10. The van der Waals surface area contributed by atoms with E-state index in [1.807, 2.05) is 18.2 Å². The Bertz CT molecular complexity index is 542. The van der Waals surface area contributed by atoms with Gasteiger partial charge in [-0.3, -0.25) is 0 Å². The van der Waals surface area contributed by atoms with Crippen molar-refractivity contribution in [3.63, 3.8) is 0 Å². The van der Waals surface area contributed by atoms with Gasteiger partial charge in [-0.1, -0.05) is 35.9 Å². The van der Waals surface area contributed by atoms with Gasteiger partial charge in [0.25, 0.3) is 0 Å². The molecule has 4 heteroatoms. The van der Waals surface area contributed by atoms with Crippen LogP contribution in [0.4, 0.5) is 0 Å². The van der Waals surface area contributed by atoms with Crippen molar-refractivity contribution in [1.29, 1.82) is 0 Å². The van der Waals surface area contributed by atoms with Crippen LogP contribution >= 0.6 is 27.5 Å². The molecule has 0 aromatic heterocycles. The van der Waals surface area contributed by atoms with Gasteiger partial charge in [0, 0.05) is 5.02 Å². The van der Waals surface area contributed by atoms with E-state index in [1.165, 1.54) is 5.56 Å². The minimum atomic E-state index is 0.531. The number of hydrogen-bond acceptors (Lipinski definition) is 2. The Hall–Kier alpha value is -1.03. The van der Waals surface area contributed by atoms with Crippen molar-refractivity contribution in [2.45, 2.75) is 13.0 Å². The molecule has 0 bridgehead atoms. The van der Waals surface area contributed by atoms with Gasteiger partial charge in [0.15, 0.2) is 0 Å². The van der Waals surface area contributed by atoms with Crippen molar-refractivity contribution in [2.75, 3.05) is 6.54 Å². The first-order chi connectivity index (χ1) is 9.19. The molecular weight excluding hydrogens is 326 g/mol. The third kappa shape index (κ3) is 4.23. The Balaban J connectivity index is 1.98. The summed E-state index contributed by atoms with van der Waals surface area (Å²) in [6, 6.07) is 13.8. The average Bonchev–Trinajstić information content (AvgIpc) is 2.40. The first-order valence-electron chi connectivity index (χ1n) is 6.05. The highest BCUT2D eigenvalue weighted by Gasteiger charge is 2.02. The zero-order valence-electron chi connectivity index (χ0n) is 10.4. The molecule has 0 saturated heterocycles. The van der Waals surface area contributed by atoms with E-state index in [9.17, 15) is 0 Å². The molecule has 0 amide bonds. The molecule has 2 aromatic rings. The summed E-state index contributed by atoms with van der Waals surface area (Å²) in [6.45, 7) is 1.21. The number of benzene rings is 2. The molecule has 100 valence electrons. The van der Waals surface area contributed by atoms with E-state index in [4.69, 9.17) is 22.1 Å². The minimum Gasteiger partial charge on any atom is -0.488 e. The van der Waals surface area contributed by atoms with Crippen LogP contribution < -0.4 is 10.5 Å². The predicted molar refractivity (Wildman–Crippen MR) is 82.7 cm³/mol. The molecule has 0 radical (unpaired) electrons. The lowest BCUT2D eigenvalue weighted by Gasteiger charge is -2.09. The second kappa shape index (κ2) is 6.94. The summed E-state index contributed by atoms with van der Waals surface area (Å²) < 4.78 is 6.61. The number of nitrogens with two attached hydrogens (primary N) is 1. The normalized spacial score (nSPS) is 10.5. The number of hydrogen-bond donors (Lipinski definition) is 1. The smallest absolute Gasteiger partial charge is 0.134 e. The SMILES string of the molecule is NCCc1ccc(COc2ccc(Cl)cc2Br)cc1. The topological polar surface area (TPSA) is 35.2 Å². The summed E-state index contributed by atoms with van der Waals surface area (Å²) >= 11 is 9.31. The first kappa shape index (κ1) is 14.4. The van der Waals surface area contributed by atoms with Crippen LogP contribution in [0.3, 0.4) is 0 Å². The molecule has 0 aliphatic carbocycles. The van der Waals surface area contributed by atoms with E-state index in [1.54, 1.807) is 0 Å². The van der Waals surface area contributed by atoms with Crippen LogP contribution in [0.1, 0.15) is 11.1 Å². The van der Waals surface area contributed by atoms with E-state index < -0.39 is 0 Å². The second-order valence-corrected chi connectivity index (χ2v) is 5.51. The van der Waals surface area contributed by atoms with Gasteiger partial charge < -0.3 is 10.5 Å². The molecule has 0 atom stereocenters. The van der Waals surface area contributed by atoms with Gasteiger partial charge >= 0.3 is 0 Å². The van der Waals surface area contributed by atoms with Crippen molar-refractivity contribution in [3.8, 4) is 5.75 Å². The van der Waals surface area contributed by atoms with Crippen molar-refractivity contribution in [3.05, 3.63) is 63.1 Å². The summed E-state index contributed by atoms with van der Waals surface area (Å²) in [7, 11) is 0. The number of rotatable bonds is 5. The summed E-state index contributed by atoms with van der Waals surface area (Å²) in [5.74, 6) is 0.787.